The molecule has 2 unspecified atom stereocenters. The van der Waals surface area contributed by atoms with Crippen molar-refractivity contribution in [1.29, 1.82) is 0 Å². The summed E-state index contributed by atoms with van der Waals surface area (Å²) in [5, 5.41) is 3.43. The molecule has 106 valence electrons. The molecule has 1 saturated heterocycles. The third-order valence-corrected chi connectivity index (χ3v) is 4.14. The van der Waals surface area contributed by atoms with Gasteiger partial charge in [0.15, 0.2) is 0 Å². The van der Waals surface area contributed by atoms with Gasteiger partial charge in [0.25, 0.3) is 0 Å². The summed E-state index contributed by atoms with van der Waals surface area (Å²) in [7, 11) is 3.86. The predicted octanol–water partition coefficient (Wildman–Crippen LogP) is 2.23. The summed E-state index contributed by atoms with van der Waals surface area (Å²) in [5.74, 6) is 0. The fraction of sp³-hybridized carbons (Fsp3) is 0.625. The minimum Gasteiger partial charge on any atom is -0.380 e. The zero-order valence-electron chi connectivity index (χ0n) is 12.4. The number of nitrogens with one attached hydrogen (secondary N) is 1. The van der Waals surface area contributed by atoms with Crippen LogP contribution in [0.3, 0.4) is 0 Å². The van der Waals surface area contributed by atoms with Crippen LogP contribution in [0, 0.1) is 0 Å². The van der Waals surface area contributed by atoms with Crippen LogP contribution in [0.2, 0.25) is 0 Å². The molecular weight excluding hydrogens is 236 g/mol. The Morgan fingerprint density at radius 2 is 2.11 bits per heavy atom. The number of aryl methyl sites for hydroxylation is 1. The first kappa shape index (κ1) is 14.5. The van der Waals surface area contributed by atoms with E-state index >= 15 is 0 Å². The standard InChI is InChI=1S/C16H26N2O/c1-4-13-5-7-14(8-6-13)16(17-2)12-18-10-9-15(11-18)19-3/h5-8,15-17H,4,9-12H2,1-3H3. The number of ether oxygens (including phenoxy) is 1. The number of hydrogen-bond donors (Lipinski definition) is 1. The summed E-state index contributed by atoms with van der Waals surface area (Å²) in [4.78, 5) is 2.49. The zero-order chi connectivity index (χ0) is 13.7. The van der Waals surface area contributed by atoms with E-state index in [1.54, 1.807) is 0 Å². The van der Waals surface area contributed by atoms with Gasteiger partial charge in [-0.2, -0.15) is 0 Å². The Kier molecular flexibility index (Phi) is 5.37. The van der Waals surface area contributed by atoms with E-state index in [0.717, 1.165) is 32.5 Å². The highest BCUT2D eigenvalue weighted by atomic mass is 16.5. The molecule has 0 spiro atoms. The van der Waals surface area contributed by atoms with Crippen LogP contribution in [-0.4, -0.2) is 44.8 Å². The molecule has 0 aliphatic carbocycles. The third-order valence-electron chi connectivity index (χ3n) is 4.14. The third kappa shape index (κ3) is 3.78. The molecule has 1 aromatic rings. The minimum atomic E-state index is 0.404. The molecule has 3 nitrogen and oxygen atoms in total. The highest BCUT2D eigenvalue weighted by molar-refractivity contribution is 5.25. The molecule has 0 radical (unpaired) electrons. The number of likely N-dealkylation sites (tertiary alicyclic amines) is 1. The largest absolute Gasteiger partial charge is 0.380 e. The lowest BCUT2D eigenvalue weighted by Crippen LogP contribution is -2.33. The van der Waals surface area contributed by atoms with E-state index in [1.165, 1.54) is 11.1 Å². The maximum absolute atomic E-state index is 5.43. The SMILES string of the molecule is CCc1ccc(C(CN2CCC(OC)C2)NC)cc1. The van der Waals surface area contributed by atoms with E-state index in [4.69, 9.17) is 4.74 Å². The Hall–Kier alpha value is -0.900. The van der Waals surface area contributed by atoms with Crippen molar-refractivity contribution in [3.05, 3.63) is 35.4 Å². The molecule has 0 saturated carbocycles. The molecule has 2 rings (SSSR count). The summed E-state index contributed by atoms with van der Waals surface area (Å²) in [6.07, 6.45) is 2.67. The van der Waals surface area contributed by atoms with Gasteiger partial charge in [-0.1, -0.05) is 31.2 Å². The Bertz CT molecular complexity index is 377. The molecule has 0 aromatic heterocycles. The number of benzene rings is 1. The van der Waals surface area contributed by atoms with Crippen molar-refractivity contribution in [2.24, 2.45) is 0 Å². The molecule has 1 aliphatic heterocycles. The fourth-order valence-corrected chi connectivity index (χ4v) is 2.76. The molecule has 1 aromatic carbocycles. The van der Waals surface area contributed by atoms with E-state index in [0.29, 0.717) is 12.1 Å². The van der Waals surface area contributed by atoms with Gasteiger partial charge in [0, 0.05) is 32.8 Å². The zero-order valence-corrected chi connectivity index (χ0v) is 12.4. The van der Waals surface area contributed by atoms with Crippen molar-refractivity contribution < 1.29 is 4.74 Å². The van der Waals surface area contributed by atoms with Gasteiger partial charge < -0.3 is 10.1 Å². The lowest BCUT2D eigenvalue weighted by molar-refractivity contribution is 0.107. The summed E-state index contributed by atoms with van der Waals surface area (Å²) < 4.78 is 5.43. The number of methoxy groups -OCH3 is 1. The van der Waals surface area contributed by atoms with Crippen molar-refractivity contribution in [2.45, 2.75) is 31.9 Å². The highest BCUT2D eigenvalue weighted by Gasteiger charge is 2.24. The second-order valence-corrected chi connectivity index (χ2v) is 5.34. The Morgan fingerprint density at radius 3 is 2.63 bits per heavy atom. The van der Waals surface area contributed by atoms with Crippen LogP contribution in [-0.2, 0) is 11.2 Å². The van der Waals surface area contributed by atoms with Crippen LogP contribution in [0.15, 0.2) is 24.3 Å². The van der Waals surface area contributed by atoms with Crippen LogP contribution in [0.5, 0.6) is 0 Å². The van der Waals surface area contributed by atoms with Gasteiger partial charge in [0.1, 0.15) is 0 Å². The Balaban J connectivity index is 1.95. The smallest absolute Gasteiger partial charge is 0.0710 e. The molecule has 2 atom stereocenters. The van der Waals surface area contributed by atoms with Crippen molar-refractivity contribution in [1.82, 2.24) is 10.2 Å². The van der Waals surface area contributed by atoms with Crippen LogP contribution >= 0.6 is 0 Å². The summed E-state index contributed by atoms with van der Waals surface area (Å²) in [5.41, 5.74) is 2.78. The van der Waals surface area contributed by atoms with E-state index in [-0.39, 0.29) is 0 Å². The van der Waals surface area contributed by atoms with Crippen molar-refractivity contribution >= 4 is 0 Å². The second kappa shape index (κ2) is 7.04. The van der Waals surface area contributed by atoms with Gasteiger partial charge in [-0.05, 0) is 31.0 Å². The van der Waals surface area contributed by atoms with Gasteiger partial charge in [-0.3, -0.25) is 4.90 Å². The minimum absolute atomic E-state index is 0.404. The van der Waals surface area contributed by atoms with Gasteiger partial charge in [0.05, 0.1) is 6.10 Å². The van der Waals surface area contributed by atoms with Gasteiger partial charge >= 0.3 is 0 Å². The van der Waals surface area contributed by atoms with Crippen molar-refractivity contribution in [2.75, 3.05) is 33.8 Å². The number of rotatable bonds is 6. The lowest BCUT2D eigenvalue weighted by Gasteiger charge is -2.24. The molecule has 19 heavy (non-hydrogen) atoms. The average molecular weight is 262 g/mol. The van der Waals surface area contributed by atoms with E-state index in [2.05, 4.69) is 41.4 Å². The Labute approximate surface area is 116 Å². The van der Waals surface area contributed by atoms with Crippen LogP contribution < -0.4 is 5.32 Å². The fourth-order valence-electron chi connectivity index (χ4n) is 2.76. The molecule has 1 heterocycles. The summed E-state index contributed by atoms with van der Waals surface area (Å²) >= 11 is 0. The summed E-state index contributed by atoms with van der Waals surface area (Å²) in [6, 6.07) is 9.39. The van der Waals surface area contributed by atoms with E-state index in [1.807, 2.05) is 14.2 Å². The first-order valence-corrected chi connectivity index (χ1v) is 7.28. The molecule has 1 N–H and O–H groups in total. The van der Waals surface area contributed by atoms with Crippen LogP contribution in [0.4, 0.5) is 0 Å². The second-order valence-electron chi connectivity index (χ2n) is 5.34. The predicted molar refractivity (Wildman–Crippen MR) is 79.5 cm³/mol. The Morgan fingerprint density at radius 1 is 1.37 bits per heavy atom. The molecule has 1 fully saturated rings. The normalized spacial score (nSPS) is 21.7. The van der Waals surface area contributed by atoms with Crippen LogP contribution in [0.1, 0.15) is 30.5 Å². The van der Waals surface area contributed by atoms with Crippen molar-refractivity contribution in [3.8, 4) is 0 Å². The first-order chi connectivity index (χ1) is 9.26. The van der Waals surface area contributed by atoms with Crippen LogP contribution in [0.25, 0.3) is 0 Å². The van der Waals surface area contributed by atoms with E-state index < -0.39 is 0 Å². The quantitative estimate of drug-likeness (QED) is 0.851. The topological polar surface area (TPSA) is 24.5 Å². The average Bonchev–Trinajstić information content (AvgIpc) is 2.92. The maximum atomic E-state index is 5.43. The summed E-state index contributed by atoms with van der Waals surface area (Å²) in [6.45, 7) is 5.45. The van der Waals surface area contributed by atoms with Gasteiger partial charge in [0.2, 0.25) is 0 Å². The first-order valence-electron chi connectivity index (χ1n) is 7.28. The number of hydrogen-bond acceptors (Lipinski definition) is 3. The molecule has 1 aliphatic rings. The van der Waals surface area contributed by atoms with Gasteiger partial charge in [-0.15, -0.1) is 0 Å². The van der Waals surface area contributed by atoms with Crippen molar-refractivity contribution in [3.63, 3.8) is 0 Å². The highest BCUT2D eigenvalue weighted by Crippen LogP contribution is 2.19. The maximum Gasteiger partial charge on any atom is 0.0710 e. The monoisotopic (exact) mass is 262 g/mol. The molecule has 3 heteroatoms. The number of likely N-dealkylation sites (N-methyl/N-ethyl adjacent to an activating group) is 1. The molecule has 0 amide bonds. The number of nitrogens with zero attached hydrogens (tertiary/aromatic N) is 1. The van der Waals surface area contributed by atoms with E-state index in [9.17, 15) is 0 Å². The molecule has 0 bridgehead atoms. The molecular formula is C16H26N2O. The lowest BCUT2D eigenvalue weighted by atomic mass is 10.0. The van der Waals surface area contributed by atoms with Gasteiger partial charge in [-0.25, -0.2) is 0 Å².